The summed E-state index contributed by atoms with van der Waals surface area (Å²) in [5.74, 6) is 1.53. The molecule has 0 atom stereocenters. The minimum absolute atomic E-state index is 0.0999. The number of rotatable bonds is 3. The van der Waals surface area contributed by atoms with Gasteiger partial charge in [-0.05, 0) is 0 Å². The van der Waals surface area contributed by atoms with Crippen molar-refractivity contribution in [3.8, 4) is 0 Å². The molecular formula is C9H16N2O2S2. The van der Waals surface area contributed by atoms with Crippen LogP contribution in [-0.4, -0.2) is 59.2 Å². The maximum Gasteiger partial charge on any atom is 0.305 e. The van der Waals surface area contributed by atoms with Gasteiger partial charge in [-0.3, -0.25) is 9.69 Å². The van der Waals surface area contributed by atoms with Gasteiger partial charge in [0.15, 0.2) is 0 Å². The van der Waals surface area contributed by atoms with Crippen molar-refractivity contribution in [3.63, 3.8) is 0 Å². The summed E-state index contributed by atoms with van der Waals surface area (Å²) in [5.41, 5.74) is -0.0999. The molecule has 4 nitrogen and oxygen atoms in total. The lowest BCUT2D eigenvalue weighted by Crippen LogP contribution is -2.70. The summed E-state index contributed by atoms with van der Waals surface area (Å²) in [6.45, 7) is 3.70. The van der Waals surface area contributed by atoms with Crippen LogP contribution in [0.5, 0.6) is 0 Å². The van der Waals surface area contributed by atoms with Crippen molar-refractivity contribution in [2.75, 3.05) is 37.7 Å². The van der Waals surface area contributed by atoms with Crippen LogP contribution in [-0.2, 0) is 4.79 Å². The Kier molecular flexibility index (Phi) is 3.82. The number of carboxylic acid groups (broad SMARTS) is 1. The van der Waals surface area contributed by atoms with E-state index in [-0.39, 0.29) is 12.0 Å². The van der Waals surface area contributed by atoms with Gasteiger partial charge >= 0.3 is 5.97 Å². The molecule has 0 radical (unpaired) electrons. The Morgan fingerprint density at radius 1 is 1.33 bits per heavy atom. The van der Waals surface area contributed by atoms with Crippen LogP contribution in [0, 0.1) is 0 Å². The molecule has 2 N–H and O–H groups in total. The molecule has 86 valence electrons. The normalized spacial score (nSPS) is 26.7. The summed E-state index contributed by atoms with van der Waals surface area (Å²) in [6.07, 6.45) is 0.273. The standard InChI is InChI=1S/C9H16N2O2S2/c12-8(13)5-9(6-10-7-9)11-1-3-14-15-4-2-11/h10H,1-7H2,(H,12,13). The number of nitrogens with zero attached hydrogens (tertiary/aromatic N) is 1. The zero-order valence-electron chi connectivity index (χ0n) is 8.57. The molecule has 2 rings (SSSR count). The molecule has 0 aromatic heterocycles. The quantitative estimate of drug-likeness (QED) is 0.709. The predicted molar refractivity (Wildman–Crippen MR) is 64.3 cm³/mol. The van der Waals surface area contributed by atoms with Crippen molar-refractivity contribution < 1.29 is 9.90 Å². The molecule has 6 heteroatoms. The van der Waals surface area contributed by atoms with Crippen LogP contribution >= 0.6 is 21.6 Å². The van der Waals surface area contributed by atoms with Gasteiger partial charge < -0.3 is 10.4 Å². The summed E-state index contributed by atoms with van der Waals surface area (Å²) in [5, 5.41) is 12.2. The predicted octanol–water partition coefficient (Wildman–Crippen LogP) is 0.500. The molecule has 2 heterocycles. The number of carbonyl (C=O) groups is 1. The van der Waals surface area contributed by atoms with Gasteiger partial charge in [0, 0.05) is 37.7 Å². The van der Waals surface area contributed by atoms with Gasteiger partial charge in [0.25, 0.3) is 0 Å². The van der Waals surface area contributed by atoms with Crippen LogP contribution in [0.2, 0.25) is 0 Å². The van der Waals surface area contributed by atoms with Gasteiger partial charge in [0.2, 0.25) is 0 Å². The smallest absolute Gasteiger partial charge is 0.305 e. The van der Waals surface area contributed by atoms with Crippen LogP contribution in [0.1, 0.15) is 6.42 Å². The molecular weight excluding hydrogens is 232 g/mol. The lowest BCUT2D eigenvalue weighted by Gasteiger charge is -2.49. The van der Waals surface area contributed by atoms with E-state index in [4.69, 9.17) is 5.11 Å². The van der Waals surface area contributed by atoms with Crippen molar-refractivity contribution >= 4 is 27.6 Å². The maximum atomic E-state index is 10.9. The fourth-order valence-electron chi connectivity index (χ4n) is 2.15. The number of hydrogen-bond donors (Lipinski definition) is 2. The third kappa shape index (κ3) is 2.61. The molecule has 0 amide bonds. The summed E-state index contributed by atoms with van der Waals surface area (Å²) in [7, 11) is 3.79. The molecule has 0 spiro atoms. The summed E-state index contributed by atoms with van der Waals surface area (Å²) >= 11 is 0. The lowest BCUT2D eigenvalue weighted by molar-refractivity contribution is -0.141. The molecule has 0 saturated carbocycles. The topological polar surface area (TPSA) is 52.6 Å². The Hall–Kier alpha value is 0.0900. The fourth-order valence-corrected chi connectivity index (χ4v) is 4.13. The van der Waals surface area contributed by atoms with E-state index in [1.54, 1.807) is 0 Å². The highest BCUT2D eigenvalue weighted by molar-refractivity contribution is 8.76. The highest BCUT2D eigenvalue weighted by Crippen LogP contribution is 2.31. The molecule has 15 heavy (non-hydrogen) atoms. The zero-order valence-corrected chi connectivity index (χ0v) is 10.2. The van der Waals surface area contributed by atoms with Crippen LogP contribution in [0.4, 0.5) is 0 Å². The largest absolute Gasteiger partial charge is 0.481 e. The van der Waals surface area contributed by atoms with Crippen molar-refractivity contribution in [1.82, 2.24) is 10.2 Å². The summed E-state index contributed by atoms with van der Waals surface area (Å²) < 4.78 is 0. The molecule has 0 aliphatic carbocycles. The Morgan fingerprint density at radius 2 is 1.93 bits per heavy atom. The molecule has 2 aliphatic heterocycles. The Balaban J connectivity index is 2.00. The van der Waals surface area contributed by atoms with Crippen LogP contribution < -0.4 is 5.32 Å². The van der Waals surface area contributed by atoms with E-state index in [1.807, 2.05) is 21.6 Å². The molecule has 2 fully saturated rings. The highest BCUT2D eigenvalue weighted by Gasteiger charge is 2.44. The first-order chi connectivity index (χ1) is 7.23. The molecule has 2 aliphatic rings. The van der Waals surface area contributed by atoms with E-state index in [0.29, 0.717) is 0 Å². The Labute approximate surface area is 97.6 Å². The third-order valence-electron chi connectivity index (χ3n) is 3.03. The van der Waals surface area contributed by atoms with E-state index in [9.17, 15) is 4.79 Å². The monoisotopic (exact) mass is 248 g/mol. The van der Waals surface area contributed by atoms with Crippen molar-refractivity contribution in [2.45, 2.75) is 12.0 Å². The Morgan fingerprint density at radius 3 is 2.33 bits per heavy atom. The molecule has 0 bridgehead atoms. The second-order valence-corrected chi connectivity index (χ2v) is 6.73. The number of nitrogens with one attached hydrogen (secondary N) is 1. The average Bonchev–Trinajstić information content (AvgIpc) is 2.39. The lowest BCUT2D eigenvalue weighted by atomic mass is 9.86. The van der Waals surface area contributed by atoms with E-state index in [0.717, 1.165) is 37.7 Å². The van der Waals surface area contributed by atoms with Crippen molar-refractivity contribution in [3.05, 3.63) is 0 Å². The van der Waals surface area contributed by atoms with Gasteiger partial charge in [-0.1, -0.05) is 21.6 Å². The number of carboxylic acids is 1. The maximum absolute atomic E-state index is 10.9. The Bertz CT molecular complexity index is 238. The highest BCUT2D eigenvalue weighted by atomic mass is 33.1. The minimum atomic E-state index is -0.680. The average molecular weight is 248 g/mol. The minimum Gasteiger partial charge on any atom is -0.481 e. The third-order valence-corrected chi connectivity index (χ3v) is 5.40. The SMILES string of the molecule is O=C(O)CC1(N2CCSSCC2)CNC1. The van der Waals surface area contributed by atoms with Crippen LogP contribution in [0.3, 0.4) is 0 Å². The molecule has 2 saturated heterocycles. The fraction of sp³-hybridized carbons (Fsp3) is 0.889. The van der Waals surface area contributed by atoms with Gasteiger partial charge in [0.1, 0.15) is 0 Å². The first-order valence-corrected chi connectivity index (χ1v) is 7.64. The van der Waals surface area contributed by atoms with E-state index in [1.165, 1.54) is 0 Å². The molecule has 0 unspecified atom stereocenters. The van der Waals surface area contributed by atoms with E-state index in [2.05, 4.69) is 10.2 Å². The van der Waals surface area contributed by atoms with E-state index >= 15 is 0 Å². The van der Waals surface area contributed by atoms with Crippen molar-refractivity contribution in [1.29, 1.82) is 0 Å². The van der Waals surface area contributed by atoms with Gasteiger partial charge in [-0.15, -0.1) is 0 Å². The van der Waals surface area contributed by atoms with E-state index < -0.39 is 5.97 Å². The first-order valence-electron chi connectivity index (χ1n) is 5.15. The second-order valence-electron chi connectivity index (χ2n) is 4.03. The number of hydrogen-bond acceptors (Lipinski definition) is 5. The first kappa shape index (κ1) is 11.6. The molecule has 0 aromatic rings. The van der Waals surface area contributed by atoms with Gasteiger partial charge in [-0.2, -0.15) is 0 Å². The van der Waals surface area contributed by atoms with Crippen molar-refractivity contribution in [2.24, 2.45) is 0 Å². The van der Waals surface area contributed by atoms with Crippen LogP contribution in [0.15, 0.2) is 0 Å². The van der Waals surface area contributed by atoms with Gasteiger partial charge in [-0.25, -0.2) is 0 Å². The van der Waals surface area contributed by atoms with Gasteiger partial charge in [0.05, 0.1) is 12.0 Å². The van der Waals surface area contributed by atoms with Crippen LogP contribution in [0.25, 0.3) is 0 Å². The summed E-state index contributed by atoms with van der Waals surface area (Å²) in [4.78, 5) is 13.2. The summed E-state index contributed by atoms with van der Waals surface area (Å²) in [6, 6.07) is 0. The number of aliphatic carboxylic acids is 1. The second kappa shape index (κ2) is 4.95. The zero-order chi connectivity index (χ0) is 10.7. The molecule has 0 aromatic carbocycles.